The van der Waals surface area contributed by atoms with Crippen LogP contribution in [0.3, 0.4) is 0 Å². The molecule has 20 heavy (non-hydrogen) atoms. The van der Waals surface area contributed by atoms with Crippen LogP contribution in [0.2, 0.25) is 0 Å². The average Bonchev–Trinajstić information content (AvgIpc) is 2.81. The van der Waals surface area contributed by atoms with Crippen LogP contribution < -0.4 is 4.90 Å². The van der Waals surface area contributed by atoms with E-state index in [1.165, 1.54) is 0 Å². The van der Waals surface area contributed by atoms with Crippen molar-refractivity contribution in [1.29, 1.82) is 0 Å². The molecule has 2 heterocycles. The van der Waals surface area contributed by atoms with Crippen molar-refractivity contribution >= 4 is 11.9 Å². The molecule has 3 rings (SSSR count). The molecule has 5 heteroatoms. The molecule has 108 valence electrons. The topological polar surface area (TPSA) is 62.7 Å². The van der Waals surface area contributed by atoms with E-state index < -0.39 is 5.60 Å². The Morgan fingerprint density at radius 2 is 2.10 bits per heavy atom. The van der Waals surface area contributed by atoms with Crippen LogP contribution in [0.15, 0.2) is 24.4 Å². The predicted molar refractivity (Wildman–Crippen MR) is 74.5 cm³/mol. The fourth-order valence-corrected chi connectivity index (χ4v) is 3.04. The molecular weight excluding hydrogens is 256 g/mol. The summed E-state index contributed by atoms with van der Waals surface area (Å²) in [5.41, 5.74) is -0.431. The van der Waals surface area contributed by atoms with Crippen LogP contribution in [0, 0.1) is 5.41 Å². The van der Waals surface area contributed by atoms with Crippen LogP contribution in [-0.4, -0.2) is 34.9 Å². The van der Waals surface area contributed by atoms with Gasteiger partial charge in [-0.1, -0.05) is 13.0 Å². The third-order valence-corrected chi connectivity index (χ3v) is 4.65. The fourth-order valence-electron chi connectivity index (χ4n) is 3.04. The highest BCUT2D eigenvalue weighted by Crippen LogP contribution is 2.45. The number of carbonyl (C=O) groups excluding carboxylic acids is 1. The summed E-state index contributed by atoms with van der Waals surface area (Å²) in [7, 11) is 0. The number of amides is 1. The number of anilines is 1. The Morgan fingerprint density at radius 1 is 1.35 bits per heavy atom. The van der Waals surface area contributed by atoms with E-state index in [0.29, 0.717) is 12.4 Å². The van der Waals surface area contributed by atoms with Crippen molar-refractivity contribution in [1.82, 2.24) is 4.98 Å². The molecule has 0 unspecified atom stereocenters. The molecule has 1 aliphatic carbocycles. The molecule has 0 radical (unpaired) electrons. The van der Waals surface area contributed by atoms with Crippen molar-refractivity contribution in [2.45, 2.75) is 38.2 Å². The van der Waals surface area contributed by atoms with E-state index in [2.05, 4.69) is 11.9 Å². The summed E-state index contributed by atoms with van der Waals surface area (Å²) in [5, 5.41) is 9.44. The van der Waals surface area contributed by atoms with Crippen LogP contribution in [0.5, 0.6) is 0 Å². The highest BCUT2D eigenvalue weighted by molar-refractivity contribution is 5.89. The van der Waals surface area contributed by atoms with Gasteiger partial charge >= 0.3 is 6.09 Å². The van der Waals surface area contributed by atoms with Crippen molar-refractivity contribution in [3.8, 4) is 0 Å². The molecule has 2 fully saturated rings. The Kier molecular flexibility index (Phi) is 3.17. The number of pyridine rings is 1. The number of aliphatic hydroxyl groups excluding tert-OH is 1. The Bertz CT molecular complexity index is 495. The number of nitrogens with zero attached hydrogens (tertiary/aromatic N) is 2. The third-order valence-electron chi connectivity index (χ3n) is 4.65. The highest BCUT2D eigenvalue weighted by Gasteiger charge is 2.50. The largest absolute Gasteiger partial charge is 0.441 e. The van der Waals surface area contributed by atoms with Crippen molar-refractivity contribution in [2.75, 3.05) is 18.1 Å². The lowest BCUT2D eigenvalue weighted by Crippen LogP contribution is -2.42. The second-order valence-electron chi connectivity index (χ2n) is 6.29. The Hall–Kier alpha value is -1.62. The van der Waals surface area contributed by atoms with Gasteiger partial charge in [-0.05, 0) is 43.2 Å². The first-order valence-electron chi connectivity index (χ1n) is 7.08. The minimum Gasteiger partial charge on any atom is -0.441 e. The van der Waals surface area contributed by atoms with Gasteiger partial charge in [0.05, 0.1) is 6.54 Å². The molecule has 1 aliphatic heterocycles. The first kappa shape index (κ1) is 13.4. The summed E-state index contributed by atoms with van der Waals surface area (Å²) < 4.78 is 5.66. The molecule has 5 nitrogen and oxygen atoms in total. The SMILES string of the molecule is C[C@]1(CO)CC[C@@]2(CC1)CN(c1ccccn1)C(=O)O2. The lowest BCUT2D eigenvalue weighted by atomic mass is 9.70. The van der Waals surface area contributed by atoms with Crippen LogP contribution in [-0.2, 0) is 4.74 Å². The van der Waals surface area contributed by atoms with Gasteiger partial charge in [0.25, 0.3) is 0 Å². The molecule has 1 amide bonds. The van der Waals surface area contributed by atoms with Crippen LogP contribution in [0.25, 0.3) is 0 Å². The highest BCUT2D eigenvalue weighted by atomic mass is 16.6. The van der Waals surface area contributed by atoms with Crippen LogP contribution in [0.4, 0.5) is 10.6 Å². The van der Waals surface area contributed by atoms with Crippen molar-refractivity contribution < 1.29 is 14.6 Å². The second-order valence-corrected chi connectivity index (χ2v) is 6.29. The average molecular weight is 276 g/mol. The van der Waals surface area contributed by atoms with Gasteiger partial charge < -0.3 is 9.84 Å². The summed E-state index contributed by atoms with van der Waals surface area (Å²) >= 11 is 0. The summed E-state index contributed by atoms with van der Waals surface area (Å²) in [4.78, 5) is 17.9. The number of carbonyl (C=O) groups is 1. The zero-order valence-corrected chi connectivity index (χ0v) is 11.7. The minimum atomic E-state index is -0.400. The smallest absolute Gasteiger partial charge is 0.416 e. The number of aromatic nitrogens is 1. The van der Waals surface area contributed by atoms with Gasteiger partial charge in [0.1, 0.15) is 11.4 Å². The second kappa shape index (κ2) is 4.74. The zero-order chi connectivity index (χ0) is 14.2. The van der Waals surface area contributed by atoms with E-state index in [1.807, 2.05) is 18.2 Å². The van der Waals surface area contributed by atoms with Gasteiger partial charge in [-0.25, -0.2) is 9.78 Å². The monoisotopic (exact) mass is 276 g/mol. The van der Waals surface area contributed by atoms with E-state index in [1.54, 1.807) is 11.1 Å². The zero-order valence-electron chi connectivity index (χ0n) is 11.7. The standard InChI is InChI=1S/C15H20N2O3/c1-14(11-18)5-7-15(8-6-14)10-17(13(19)20-15)12-4-2-3-9-16-12/h2-4,9,18H,5-8,10-11H2,1H3/t14-,15+. The molecule has 1 spiro atoms. The quantitative estimate of drug-likeness (QED) is 0.900. The van der Waals surface area contributed by atoms with Gasteiger partial charge in [0.15, 0.2) is 0 Å². The number of hydrogen-bond acceptors (Lipinski definition) is 4. The van der Waals surface area contributed by atoms with E-state index in [9.17, 15) is 9.90 Å². The normalized spacial score (nSPS) is 33.5. The minimum absolute atomic E-state index is 0.0317. The van der Waals surface area contributed by atoms with Crippen molar-refractivity contribution in [2.24, 2.45) is 5.41 Å². The van der Waals surface area contributed by atoms with Crippen LogP contribution >= 0.6 is 0 Å². The van der Waals surface area contributed by atoms with E-state index in [0.717, 1.165) is 25.7 Å². The summed E-state index contributed by atoms with van der Waals surface area (Å²) in [6, 6.07) is 5.51. The van der Waals surface area contributed by atoms with Gasteiger partial charge in [-0.15, -0.1) is 0 Å². The molecule has 1 aromatic rings. The summed E-state index contributed by atoms with van der Waals surface area (Å²) in [5.74, 6) is 0.643. The molecular formula is C15H20N2O3. The fraction of sp³-hybridized carbons (Fsp3) is 0.600. The molecule has 1 saturated carbocycles. The van der Waals surface area contributed by atoms with Gasteiger partial charge in [0.2, 0.25) is 0 Å². The number of ether oxygens (including phenoxy) is 1. The number of aliphatic hydroxyl groups is 1. The Balaban J connectivity index is 1.75. The number of hydrogen-bond donors (Lipinski definition) is 1. The molecule has 1 saturated heterocycles. The molecule has 0 aromatic carbocycles. The van der Waals surface area contributed by atoms with E-state index >= 15 is 0 Å². The summed E-state index contributed by atoms with van der Waals surface area (Å²) in [6.45, 7) is 2.85. The molecule has 2 aliphatic rings. The molecule has 0 bridgehead atoms. The van der Waals surface area contributed by atoms with Gasteiger partial charge in [-0.3, -0.25) is 4.90 Å². The van der Waals surface area contributed by atoms with Gasteiger partial charge in [-0.2, -0.15) is 0 Å². The molecule has 0 atom stereocenters. The maximum atomic E-state index is 12.1. The molecule has 1 aromatic heterocycles. The van der Waals surface area contributed by atoms with E-state index in [-0.39, 0.29) is 18.1 Å². The van der Waals surface area contributed by atoms with Gasteiger partial charge in [0, 0.05) is 12.8 Å². The van der Waals surface area contributed by atoms with Crippen molar-refractivity contribution in [3.05, 3.63) is 24.4 Å². The maximum absolute atomic E-state index is 12.1. The lowest BCUT2D eigenvalue weighted by molar-refractivity contribution is -0.0231. The Labute approximate surface area is 118 Å². The third kappa shape index (κ3) is 2.26. The van der Waals surface area contributed by atoms with Crippen LogP contribution in [0.1, 0.15) is 32.6 Å². The first-order valence-corrected chi connectivity index (χ1v) is 7.08. The van der Waals surface area contributed by atoms with E-state index in [4.69, 9.17) is 4.74 Å². The Morgan fingerprint density at radius 3 is 2.70 bits per heavy atom. The maximum Gasteiger partial charge on any atom is 0.416 e. The molecule has 1 N–H and O–H groups in total. The summed E-state index contributed by atoms with van der Waals surface area (Å²) in [6.07, 6.45) is 4.74. The van der Waals surface area contributed by atoms with Crippen molar-refractivity contribution in [3.63, 3.8) is 0 Å². The lowest BCUT2D eigenvalue weighted by Gasteiger charge is -2.40. The predicted octanol–water partition coefficient (Wildman–Crippen LogP) is 2.35. The number of rotatable bonds is 2. The first-order chi connectivity index (χ1) is 9.56.